The molecule has 1 heterocycles. The Morgan fingerprint density at radius 2 is 1.70 bits per heavy atom. The van der Waals surface area contributed by atoms with Gasteiger partial charge in [-0.3, -0.25) is 0 Å². The molecule has 1 fully saturated rings. The normalized spacial score (nSPS) is 21.0. The lowest BCUT2D eigenvalue weighted by Crippen LogP contribution is -2.04. The molecule has 2 heteroatoms. The Kier molecular flexibility index (Phi) is 5.35. The largest absolute Gasteiger partial charge is 0.489 e. The maximum absolute atomic E-state index is 5.86. The van der Waals surface area contributed by atoms with Crippen LogP contribution in [-0.2, 0) is 11.3 Å². The molecule has 2 nitrogen and oxygen atoms in total. The molecule has 3 atom stereocenters. The monoisotopic (exact) mass is 310 g/mol. The molecule has 0 aliphatic carbocycles. The van der Waals surface area contributed by atoms with Gasteiger partial charge in [0.1, 0.15) is 12.4 Å². The zero-order chi connectivity index (χ0) is 16.1. The summed E-state index contributed by atoms with van der Waals surface area (Å²) in [4.78, 5) is 0. The number of rotatable bonds is 8. The van der Waals surface area contributed by atoms with Gasteiger partial charge in [0.25, 0.3) is 0 Å². The van der Waals surface area contributed by atoms with Gasteiger partial charge in [-0.2, -0.15) is 0 Å². The fraction of sp³-hybridized carbons (Fsp3) is 0.429. The number of epoxide rings is 1. The summed E-state index contributed by atoms with van der Waals surface area (Å²) in [5.41, 5.74) is 2.59. The quantitative estimate of drug-likeness (QED) is 0.615. The van der Waals surface area contributed by atoms with Crippen molar-refractivity contribution in [2.24, 2.45) is 0 Å². The van der Waals surface area contributed by atoms with Gasteiger partial charge in [0.15, 0.2) is 0 Å². The molecular weight excluding hydrogens is 284 g/mol. The van der Waals surface area contributed by atoms with E-state index in [1.54, 1.807) is 0 Å². The van der Waals surface area contributed by atoms with E-state index in [0.29, 0.717) is 24.7 Å². The molecule has 122 valence electrons. The van der Waals surface area contributed by atoms with Crippen molar-refractivity contribution in [1.82, 2.24) is 0 Å². The second-order valence-electron chi connectivity index (χ2n) is 6.31. The first-order chi connectivity index (χ1) is 11.3. The topological polar surface area (TPSA) is 21.8 Å². The highest BCUT2D eigenvalue weighted by Gasteiger charge is 2.38. The smallest absolute Gasteiger partial charge is 0.119 e. The van der Waals surface area contributed by atoms with Crippen LogP contribution in [0.3, 0.4) is 0 Å². The van der Waals surface area contributed by atoms with Crippen LogP contribution in [0.5, 0.6) is 5.75 Å². The molecule has 23 heavy (non-hydrogen) atoms. The summed E-state index contributed by atoms with van der Waals surface area (Å²) in [6, 6.07) is 18.9. The van der Waals surface area contributed by atoms with Crippen LogP contribution in [0.1, 0.15) is 50.2 Å². The molecule has 2 aromatic carbocycles. The van der Waals surface area contributed by atoms with Gasteiger partial charge >= 0.3 is 0 Å². The first-order valence-electron chi connectivity index (χ1n) is 8.72. The second-order valence-corrected chi connectivity index (χ2v) is 6.31. The van der Waals surface area contributed by atoms with Crippen molar-refractivity contribution in [3.05, 3.63) is 65.7 Å². The Morgan fingerprint density at radius 1 is 0.957 bits per heavy atom. The fourth-order valence-electron chi connectivity index (χ4n) is 3.14. The molecule has 0 N–H and O–H groups in total. The predicted octanol–water partition coefficient (Wildman–Crippen LogP) is 5.33. The summed E-state index contributed by atoms with van der Waals surface area (Å²) in [5, 5.41) is 0. The summed E-state index contributed by atoms with van der Waals surface area (Å²) in [5.74, 6) is 1.52. The van der Waals surface area contributed by atoms with Gasteiger partial charge in [-0.1, -0.05) is 56.3 Å². The zero-order valence-electron chi connectivity index (χ0n) is 14.1. The minimum absolute atomic E-state index is 0.471. The molecule has 1 saturated heterocycles. The first-order valence-corrected chi connectivity index (χ1v) is 8.72. The van der Waals surface area contributed by atoms with Crippen LogP contribution >= 0.6 is 0 Å². The fourth-order valence-corrected chi connectivity index (χ4v) is 3.14. The summed E-state index contributed by atoms with van der Waals surface area (Å²) in [6.45, 7) is 5.07. The highest BCUT2D eigenvalue weighted by molar-refractivity contribution is 5.30. The van der Waals surface area contributed by atoms with E-state index in [9.17, 15) is 0 Å². The van der Waals surface area contributed by atoms with Crippen LogP contribution in [0.15, 0.2) is 54.6 Å². The SMILES string of the molecule is CCC(CC1OC1CC)c1ccc(OCc2ccccc2)cc1. The summed E-state index contributed by atoms with van der Waals surface area (Å²) >= 11 is 0. The molecule has 0 aromatic heterocycles. The summed E-state index contributed by atoms with van der Waals surface area (Å²) in [6.07, 6.45) is 4.39. The van der Waals surface area contributed by atoms with Gasteiger partial charge in [0.2, 0.25) is 0 Å². The lowest BCUT2D eigenvalue weighted by atomic mass is 9.91. The Balaban J connectivity index is 1.55. The molecule has 0 saturated carbocycles. The predicted molar refractivity (Wildman–Crippen MR) is 93.8 cm³/mol. The molecule has 0 bridgehead atoms. The Hall–Kier alpha value is -1.80. The van der Waals surface area contributed by atoms with E-state index in [4.69, 9.17) is 9.47 Å². The van der Waals surface area contributed by atoms with Crippen molar-refractivity contribution in [2.75, 3.05) is 0 Å². The van der Waals surface area contributed by atoms with E-state index in [0.717, 1.165) is 25.0 Å². The number of benzene rings is 2. The average Bonchev–Trinajstić information content (AvgIpc) is 3.38. The highest BCUT2D eigenvalue weighted by atomic mass is 16.6. The van der Waals surface area contributed by atoms with Crippen LogP contribution in [0.2, 0.25) is 0 Å². The van der Waals surface area contributed by atoms with Gasteiger partial charge in [-0.15, -0.1) is 0 Å². The van der Waals surface area contributed by atoms with Gasteiger partial charge in [0, 0.05) is 0 Å². The third-order valence-electron chi connectivity index (χ3n) is 4.70. The van der Waals surface area contributed by atoms with Crippen LogP contribution in [0.4, 0.5) is 0 Å². The van der Waals surface area contributed by atoms with Crippen molar-refractivity contribution in [2.45, 2.75) is 57.8 Å². The van der Waals surface area contributed by atoms with Gasteiger partial charge in [-0.05, 0) is 48.4 Å². The molecule has 0 spiro atoms. The van der Waals surface area contributed by atoms with Crippen LogP contribution in [0.25, 0.3) is 0 Å². The minimum Gasteiger partial charge on any atom is -0.489 e. The van der Waals surface area contributed by atoms with Crippen molar-refractivity contribution >= 4 is 0 Å². The van der Waals surface area contributed by atoms with Crippen LogP contribution < -0.4 is 4.74 Å². The molecule has 1 aliphatic rings. The Labute approximate surface area is 139 Å². The van der Waals surface area contributed by atoms with Crippen molar-refractivity contribution in [3.8, 4) is 5.75 Å². The van der Waals surface area contributed by atoms with Gasteiger partial charge in [0.05, 0.1) is 12.2 Å². The van der Waals surface area contributed by atoms with E-state index in [-0.39, 0.29) is 0 Å². The van der Waals surface area contributed by atoms with Gasteiger partial charge < -0.3 is 9.47 Å². The van der Waals surface area contributed by atoms with E-state index in [1.165, 1.54) is 11.1 Å². The first kappa shape index (κ1) is 16.1. The van der Waals surface area contributed by atoms with Crippen LogP contribution in [0, 0.1) is 0 Å². The summed E-state index contributed by atoms with van der Waals surface area (Å²) in [7, 11) is 0. The second kappa shape index (κ2) is 7.65. The van der Waals surface area contributed by atoms with Gasteiger partial charge in [-0.25, -0.2) is 0 Å². The number of ether oxygens (including phenoxy) is 2. The maximum Gasteiger partial charge on any atom is 0.119 e. The third-order valence-corrected chi connectivity index (χ3v) is 4.70. The van der Waals surface area contributed by atoms with E-state index in [1.807, 2.05) is 18.2 Å². The Bertz CT molecular complexity index is 591. The van der Waals surface area contributed by atoms with Crippen molar-refractivity contribution in [3.63, 3.8) is 0 Å². The summed E-state index contributed by atoms with van der Waals surface area (Å²) < 4.78 is 11.6. The lowest BCUT2D eigenvalue weighted by Gasteiger charge is -2.15. The molecule has 0 amide bonds. The van der Waals surface area contributed by atoms with E-state index < -0.39 is 0 Å². The van der Waals surface area contributed by atoms with E-state index in [2.05, 4.69) is 50.2 Å². The Morgan fingerprint density at radius 3 is 2.30 bits per heavy atom. The number of hydrogen-bond acceptors (Lipinski definition) is 2. The molecule has 1 aliphatic heterocycles. The van der Waals surface area contributed by atoms with Crippen molar-refractivity contribution in [1.29, 1.82) is 0 Å². The average molecular weight is 310 g/mol. The molecular formula is C21H26O2. The minimum atomic E-state index is 0.471. The van der Waals surface area contributed by atoms with Crippen molar-refractivity contribution < 1.29 is 9.47 Å². The highest BCUT2D eigenvalue weighted by Crippen LogP contribution is 2.36. The molecule has 0 radical (unpaired) electrons. The standard InChI is InChI=1S/C21H26O2/c1-3-17(14-21-20(4-2)23-21)18-10-12-19(13-11-18)22-15-16-8-6-5-7-9-16/h5-13,17,20-21H,3-4,14-15H2,1-2H3. The zero-order valence-corrected chi connectivity index (χ0v) is 14.1. The maximum atomic E-state index is 5.86. The third kappa shape index (κ3) is 4.35. The molecule has 2 aromatic rings. The van der Waals surface area contributed by atoms with E-state index >= 15 is 0 Å². The number of hydrogen-bond donors (Lipinski definition) is 0. The molecule has 3 rings (SSSR count). The lowest BCUT2D eigenvalue weighted by molar-refractivity contribution is 0.306. The molecule has 3 unspecified atom stereocenters. The van der Waals surface area contributed by atoms with Crippen LogP contribution in [-0.4, -0.2) is 12.2 Å².